The predicted octanol–water partition coefficient (Wildman–Crippen LogP) is 3.79. The molecule has 4 N–H and O–H groups in total. The van der Waals surface area contributed by atoms with Crippen molar-refractivity contribution in [1.82, 2.24) is 0 Å². The molecular formula is C17H30ClNO2. The van der Waals surface area contributed by atoms with Crippen LogP contribution in [0.3, 0.4) is 0 Å². The minimum absolute atomic E-state index is 0. The topological polar surface area (TPSA) is 66.5 Å². The highest BCUT2D eigenvalue weighted by Crippen LogP contribution is 2.39. The fourth-order valence-electron chi connectivity index (χ4n) is 2.24. The number of hydrogen-bond acceptors (Lipinski definition) is 3. The highest BCUT2D eigenvalue weighted by molar-refractivity contribution is 5.85. The summed E-state index contributed by atoms with van der Waals surface area (Å²) in [5.74, 6) is 0.270. The Kier molecular flexibility index (Phi) is 6.74. The van der Waals surface area contributed by atoms with Crippen LogP contribution in [0.4, 0.5) is 0 Å². The first kappa shape index (κ1) is 20.2. The maximum absolute atomic E-state index is 10.6. The molecule has 0 aliphatic heterocycles. The van der Waals surface area contributed by atoms with Crippen LogP contribution in [0.15, 0.2) is 12.1 Å². The zero-order valence-electron chi connectivity index (χ0n) is 14.0. The predicted molar refractivity (Wildman–Crippen MR) is 91.4 cm³/mol. The van der Waals surface area contributed by atoms with Crippen LogP contribution in [0.5, 0.6) is 5.75 Å². The molecule has 0 aliphatic rings. The lowest BCUT2D eigenvalue weighted by atomic mass is 9.78. The molecule has 0 aromatic heterocycles. The SMILES string of the molecule is CC(C)(C)c1cc([C@@H](N)CCO)c(O)c(C(C)(C)C)c1.Cl. The van der Waals surface area contributed by atoms with Gasteiger partial charge in [-0.1, -0.05) is 47.6 Å². The van der Waals surface area contributed by atoms with E-state index >= 15 is 0 Å². The van der Waals surface area contributed by atoms with Crippen LogP contribution >= 0.6 is 12.4 Å². The first-order valence-electron chi connectivity index (χ1n) is 7.22. The normalized spacial score (nSPS) is 13.7. The van der Waals surface area contributed by atoms with Crippen LogP contribution in [0, 0.1) is 0 Å². The van der Waals surface area contributed by atoms with E-state index in [2.05, 4.69) is 47.6 Å². The van der Waals surface area contributed by atoms with Gasteiger partial charge in [0.1, 0.15) is 5.75 Å². The van der Waals surface area contributed by atoms with Gasteiger partial charge in [-0.05, 0) is 34.4 Å². The summed E-state index contributed by atoms with van der Waals surface area (Å²) >= 11 is 0. The fraction of sp³-hybridized carbons (Fsp3) is 0.647. The molecule has 0 fully saturated rings. The van der Waals surface area contributed by atoms with E-state index in [9.17, 15) is 5.11 Å². The zero-order chi connectivity index (χ0) is 15.7. The Hall–Kier alpha value is -0.770. The van der Waals surface area contributed by atoms with E-state index in [1.807, 2.05) is 6.07 Å². The summed E-state index contributed by atoms with van der Waals surface area (Å²) in [4.78, 5) is 0. The monoisotopic (exact) mass is 315 g/mol. The maximum atomic E-state index is 10.6. The minimum Gasteiger partial charge on any atom is -0.507 e. The molecule has 3 nitrogen and oxygen atoms in total. The van der Waals surface area contributed by atoms with Crippen molar-refractivity contribution < 1.29 is 10.2 Å². The Bertz CT molecular complexity index is 473. The lowest BCUT2D eigenvalue weighted by Gasteiger charge is -2.28. The number of aliphatic hydroxyl groups excluding tert-OH is 1. The molecule has 0 heterocycles. The van der Waals surface area contributed by atoms with Crippen molar-refractivity contribution in [2.24, 2.45) is 5.73 Å². The summed E-state index contributed by atoms with van der Waals surface area (Å²) in [5, 5.41) is 19.6. The molecule has 0 radical (unpaired) electrons. The van der Waals surface area contributed by atoms with Crippen molar-refractivity contribution in [1.29, 1.82) is 0 Å². The molecule has 1 atom stereocenters. The molecule has 0 saturated heterocycles. The van der Waals surface area contributed by atoms with E-state index in [0.717, 1.165) is 16.7 Å². The standard InChI is InChI=1S/C17H29NO2.ClH/c1-16(2,3)11-9-12(14(18)7-8-19)15(20)13(10-11)17(4,5)6;/h9-10,14,19-20H,7-8,18H2,1-6H3;1H/t14-;/m0./s1. The molecule has 0 bridgehead atoms. The Morgan fingerprint density at radius 3 is 1.95 bits per heavy atom. The van der Waals surface area contributed by atoms with Gasteiger partial charge in [-0.25, -0.2) is 0 Å². The van der Waals surface area contributed by atoms with Gasteiger partial charge in [0.05, 0.1) is 0 Å². The molecule has 1 rings (SSSR count). The van der Waals surface area contributed by atoms with Crippen molar-refractivity contribution in [2.45, 2.75) is 64.8 Å². The van der Waals surface area contributed by atoms with E-state index in [0.29, 0.717) is 6.42 Å². The van der Waals surface area contributed by atoms with Gasteiger partial charge < -0.3 is 15.9 Å². The van der Waals surface area contributed by atoms with Gasteiger partial charge in [0, 0.05) is 18.2 Å². The molecule has 4 heteroatoms. The summed E-state index contributed by atoms with van der Waals surface area (Å²) in [6, 6.07) is 3.71. The average Bonchev–Trinajstić information content (AvgIpc) is 2.26. The zero-order valence-corrected chi connectivity index (χ0v) is 14.8. The van der Waals surface area contributed by atoms with Crippen molar-refractivity contribution >= 4 is 12.4 Å². The quantitative estimate of drug-likeness (QED) is 0.795. The molecular weight excluding hydrogens is 286 g/mol. The number of rotatable bonds is 3. The van der Waals surface area contributed by atoms with Gasteiger partial charge in [0.2, 0.25) is 0 Å². The van der Waals surface area contributed by atoms with E-state index in [4.69, 9.17) is 10.8 Å². The first-order valence-corrected chi connectivity index (χ1v) is 7.22. The molecule has 1 aromatic rings. The second-order valence-corrected chi connectivity index (χ2v) is 7.58. The smallest absolute Gasteiger partial charge is 0.124 e. The molecule has 0 unspecified atom stereocenters. The van der Waals surface area contributed by atoms with Crippen molar-refractivity contribution in [3.8, 4) is 5.75 Å². The largest absolute Gasteiger partial charge is 0.507 e. The third-order valence-corrected chi connectivity index (χ3v) is 3.65. The number of phenols is 1. The number of aromatic hydroxyl groups is 1. The number of aliphatic hydroxyl groups is 1. The minimum atomic E-state index is -0.344. The molecule has 0 amide bonds. The van der Waals surface area contributed by atoms with E-state index in [1.165, 1.54) is 0 Å². The summed E-state index contributed by atoms with van der Waals surface area (Å²) in [5.41, 5.74) is 8.74. The van der Waals surface area contributed by atoms with Crippen LogP contribution < -0.4 is 5.73 Å². The third kappa shape index (κ3) is 4.87. The Balaban J connectivity index is 0.00000400. The number of nitrogens with two attached hydrogens (primary N) is 1. The molecule has 0 saturated carbocycles. The van der Waals surface area contributed by atoms with Crippen LogP contribution in [0.1, 0.15) is 70.7 Å². The summed E-state index contributed by atoms with van der Waals surface area (Å²) < 4.78 is 0. The number of halogens is 1. The average molecular weight is 316 g/mol. The van der Waals surface area contributed by atoms with Gasteiger partial charge in [0.25, 0.3) is 0 Å². The van der Waals surface area contributed by atoms with Crippen LogP contribution in [0.2, 0.25) is 0 Å². The molecule has 0 spiro atoms. The number of phenolic OH excluding ortho intramolecular Hbond substituents is 1. The second kappa shape index (κ2) is 6.99. The first-order chi connectivity index (χ1) is 8.98. The Morgan fingerprint density at radius 1 is 1.05 bits per heavy atom. The molecule has 1 aromatic carbocycles. The molecule has 21 heavy (non-hydrogen) atoms. The third-order valence-electron chi connectivity index (χ3n) is 3.65. The lowest BCUT2D eigenvalue weighted by molar-refractivity contribution is 0.275. The van der Waals surface area contributed by atoms with E-state index in [-0.39, 0.29) is 41.6 Å². The van der Waals surface area contributed by atoms with Crippen molar-refractivity contribution in [3.05, 3.63) is 28.8 Å². The highest BCUT2D eigenvalue weighted by Gasteiger charge is 2.26. The molecule has 122 valence electrons. The van der Waals surface area contributed by atoms with Gasteiger partial charge in [-0.15, -0.1) is 12.4 Å². The van der Waals surface area contributed by atoms with Crippen LogP contribution in [-0.4, -0.2) is 16.8 Å². The molecule has 0 aliphatic carbocycles. The van der Waals surface area contributed by atoms with E-state index < -0.39 is 0 Å². The second-order valence-electron chi connectivity index (χ2n) is 7.58. The fourth-order valence-corrected chi connectivity index (χ4v) is 2.24. The van der Waals surface area contributed by atoms with Gasteiger partial charge in [-0.3, -0.25) is 0 Å². The van der Waals surface area contributed by atoms with Gasteiger partial charge in [-0.2, -0.15) is 0 Å². The number of benzene rings is 1. The van der Waals surface area contributed by atoms with Gasteiger partial charge in [0.15, 0.2) is 0 Å². The van der Waals surface area contributed by atoms with Crippen molar-refractivity contribution in [3.63, 3.8) is 0 Å². The Labute approximate surface area is 135 Å². The van der Waals surface area contributed by atoms with E-state index in [1.54, 1.807) is 0 Å². The summed E-state index contributed by atoms with van der Waals surface area (Å²) in [7, 11) is 0. The highest BCUT2D eigenvalue weighted by atomic mass is 35.5. The Morgan fingerprint density at radius 2 is 1.57 bits per heavy atom. The maximum Gasteiger partial charge on any atom is 0.124 e. The number of hydrogen-bond donors (Lipinski definition) is 3. The lowest BCUT2D eigenvalue weighted by Crippen LogP contribution is -2.20. The van der Waals surface area contributed by atoms with Crippen LogP contribution in [-0.2, 0) is 10.8 Å². The van der Waals surface area contributed by atoms with Gasteiger partial charge >= 0.3 is 0 Å². The summed E-state index contributed by atoms with van der Waals surface area (Å²) in [6.45, 7) is 12.7. The summed E-state index contributed by atoms with van der Waals surface area (Å²) in [6.07, 6.45) is 0.449. The van der Waals surface area contributed by atoms with Crippen LogP contribution in [0.25, 0.3) is 0 Å². The van der Waals surface area contributed by atoms with Crippen molar-refractivity contribution in [2.75, 3.05) is 6.61 Å².